The summed E-state index contributed by atoms with van der Waals surface area (Å²) in [5, 5.41) is 11.9. The fraction of sp³-hybridized carbons (Fsp3) is 0.500. The number of pyridine rings is 1. The van der Waals surface area contributed by atoms with E-state index in [1.807, 2.05) is 0 Å². The molecule has 0 atom stereocenters. The highest BCUT2D eigenvalue weighted by molar-refractivity contribution is 5.97. The van der Waals surface area contributed by atoms with Crippen LogP contribution in [0.3, 0.4) is 0 Å². The predicted octanol–water partition coefficient (Wildman–Crippen LogP) is 1.10. The molecule has 2 rings (SSSR count). The number of carbonyl (C=O) groups is 2. The Hall–Kier alpha value is -2.11. The summed E-state index contributed by atoms with van der Waals surface area (Å²) in [6.45, 7) is 0. The second-order valence-electron chi connectivity index (χ2n) is 5.22. The summed E-state index contributed by atoms with van der Waals surface area (Å²) in [7, 11) is 0. The van der Waals surface area contributed by atoms with Gasteiger partial charge in [0, 0.05) is 0 Å². The molecular weight excluding hydrogens is 258 g/mol. The lowest BCUT2D eigenvalue weighted by Crippen LogP contribution is -2.57. The number of nitrogens with one attached hydrogen (secondary N) is 1. The Balaban J connectivity index is 2.17. The number of hydrogen-bond acceptors (Lipinski definition) is 4. The number of rotatable bonds is 3. The predicted molar refractivity (Wildman–Crippen MR) is 73.0 cm³/mol. The molecular formula is C14H19N3O3. The summed E-state index contributed by atoms with van der Waals surface area (Å²) in [6.07, 6.45) is 6.14. The number of hydrogen-bond donors (Lipinski definition) is 3. The molecule has 0 aliphatic heterocycles. The van der Waals surface area contributed by atoms with Gasteiger partial charge in [0.25, 0.3) is 5.91 Å². The lowest BCUT2D eigenvalue weighted by Gasteiger charge is -2.30. The minimum absolute atomic E-state index is 0.0133. The summed E-state index contributed by atoms with van der Waals surface area (Å²) in [5.74, 6) is -0.946. The highest BCUT2D eigenvalue weighted by atomic mass is 16.3. The largest absolute Gasteiger partial charge is 0.506 e. The third kappa shape index (κ3) is 3.07. The first-order chi connectivity index (χ1) is 9.53. The zero-order valence-corrected chi connectivity index (χ0v) is 11.3. The van der Waals surface area contributed by atoms with E-state index < -0.39 is 17.4 Å². The minimum atomic E-state index is -0.979. The lowest BCUT2D eigenvalue weighted by molar-refractivity contribution is -0.124. The molecule has 4 N–H and O–H groups in total. The fourth-order valence-electron chi connectivity index (χ4n) is 2.57. The first-order valence-electron chi connectivity index (χ1n) is 6.81. The average Bonchev–Trinajstić information content (AvgIpc) is 2.66. The number of primary amides is 1. The summed E-state index contributed by atoms with van der Waals surface area (Å²) < 4.78 is 0. The highest BCUT2D eigenvalue weighted by Crippen LogP contribution is 2.27. The fourth-order valence-corrected chi connectivity index (χ4v) is 2.57. The van der Waals surface area contributed by atoms with Crippen molar-refractivity contribution in [3.8, 4) is 5.75 Å². The van der Waals surface area contributed by atoms with Crippen molar-refractivity contribution in [1.29, 1.82) is 0 Å². The van der Waals surface area contributed by atoms with Crippen molar-refractivity contribution in [2.24, 2.45) is 5.73 Å². The van der Waals surface area contributed by atoms with Gasteiger partial charge in [0.15, 0.2) is 0 Å². The molecule has 0 spiro atoms. The van der Waals surface area contributed by atoms with E-state index in [2.05, 4.69) is 10.3 Å². The molecule has 0 saturated heterocycles. The summed E-state index contributed by atoms with van der Waals surface area (Å²) in [4.78, 5) is 27.8. The third-order valence-corrected chi connectivity index (χ3v) is 3.76. The maximum Gasteiger partial charge on any atom is 0.270 e. The Labute approximate surface area is 117 Å². The molecule has 6 heteroatoms. The summed E-state index contributed by atoms with van der Waals surface area (Å²) in [6, 6.07) is 2.79. The van der Waals surface area contributed by atoms with E-state index in [4.69, 9.17) is 10.8 Å². The van der Waals surface area contributed by atoms with Gasteiger partial charge in [0.05, 0.1) is 6.20 Å². The molecule has 1 aliphatic carbocycles. The van der Waals surface area contributed by atoms with Gasteiger partial charge in [-0.15, -0.1) is 0 Å². The van der Waals surface area contributed by atoms with Gasteiger partial charge in [-0.3, -0.25) is 9.59 Å². The van der Waals surface area contributed by atoms with Gasteiger partial charge in [0.2, 0.25) is 5.91 Å². The molecule has 1 heterocycles. The van der Waals surface area contributed by atoms with Crippen molar-refractivity contribution in [2.75, 3.05) is 0 Å². The third-order valence-electron chi connectivity index (χ3n) is 3.76. The zero-order chi connectivity index (χ0) is 14.6. The second kappa shape index (κ2) is 5.90. The first kappa shape index (κ1) is 14.3. The van der Waals surface area contributed by atoms with Gasteiger partial charge >= 0.3 is 0 Å². The Bertz CT molecular complexity index is 491. The maximum absolute atomic E-state index is 12.2. The monoisotopic (exact) mass is 277 g/mol. The molecule has 20 heavy (non-hydrogen) atoms. The van der Waals surface area contributed by atoms with Crippen molar-refractivity contribution in [1.82, 2.24) is 10.3 Å². The van der Waals surface area contributed by atoms with Crippen LogP contribution in [-0.4, -0.2) is 27.4 Å². The van der Waals surface area contributed by atoms with Gasteiger partial charge in [0.1, 0.15) is 17.0 Å². The smallest absolute Gasteiger partial charge is 0.270 e. The molecule has 108 valence electrons. The van der Waals surface area contributed by atoms with Crippen LogP contribution < -0.4 is 11.1 Å². The quantitative estimate of drug-likeness (QED) is 0.719. The van der Waals surface area contributed by atoms with Crippen molar-refractivity contribution in [2.45, 2.75) is 44.1 Å². The Morgan fingerprint density at radius 1 is 1.20 bits per heavy atom. The number of nitrogens with two attached hydrogens (primary N) is 1. The van der Waals surface area contributed by atoms with Crippen LogP contribution in [0, 0.1) is 0 Å². The van der Waals surface area contributed by atoms with Crippen LogP contribution in [0.2, 0.25) is 0 Å². The molecule has 1 aliphatic rings. The first-order valence-corrected chi connectivity index (χ1v) is 6.81. The van der Waals surface area contributed by atoms with Crippen LogP contribution in [0.5, 0.6) is 5.75 Å². The van der Waals surface area contributed by atoms with Crippen LogP contribution in [0.4, 0.5) is 0 Å². The molecule has 0 unspecified atom stereocenters. The average molecular weight is 277 g/mol. The van der Waals surface area contributed by atoms with Crippen molar-refractivity contribution >= 4 is 11.8 Å². The SMILES string of the molecule is NC(=O)C1(NC(=O)c2ccc(O)cn2)CCCCCC1. The number of aromatic hydroxyl groups is 1. The van der Waals surface area contributed by atoms with Gasteiger partial charge in [-0.2, -0.15) is 0 Å². The lowest BCUT2D eigenvalue weighted by atomic mass is 9.89. The van der Waals surface area contributed by atoms with E-state index in [1.165, 1.54) is 18.3 Å². The van der Waals surface area contributed by atoms with Crippen molar-refractivity contribution in [3.05, 3.63) is 24.0 Å². The second-order valence-corrected chi connectivity index (χ2v) is 5.22. The van der Waals surface area contributed by atoms with E-state index >= 15 is 0 Å². The highest BCUT2D eigenvalue weighted by Gasteiger charge is 2.38. The molecule has 1 fully saturated rings. The Morgan fingerprint density at radius 3 is 2.35 bits per heavy atom. The van der Waals surface area contributed by atoms with Crippen LogP contribution in [-0.2, 0) is 4.79 Å². The Morgan fingerprint density at radius 2 is 1.85 bits per heavy atom. The molecule has 0 radical (unpaired) electrons. The number of aromatic nitrogens is 1. The van der Waals surface area contributed by atoms with Gasteiger partial charge < -0.3 is 16.2 Å². The minimum Gasteiger partial charge on any atom is -0.506 e. The Kier molecular flexibility index (Phi) is 4.22. The van der Waals surface area contributed by atoms with Crippen LogP contribution in [0.1, 0.15) is 49.0 Å². The van der Waals surface area contributed by atoms with Crippen LogP contribution >= 0.6 is 0 Å². The van der Waals surface area contributed by atoms with Gasteiger partial charge in [-0.25, -0.2) is 4.98 Å². The van der Waals surface area contributed by atoms with E-state index in [0.29, 0.717) is 12.8 Å². The molecule has 1 aromatic heterocycles. The molecule has 2 amide bonds. The normalized spacial score (nSPS) is 18.0. The van der Waals surface area contributed by atoms with Crippen LogP contribution in [0.25, 0.3) is 0 Å². The van der Waals surface area contributed by atoms with Gasteiger partial charge in [-0.05, 0) is 25.0 Å². The van der Waals surface area contributed by atoms with E-state index in [0.717, 1.165) is 25.7 Å². The molecule has 1 saturated carbocycles. The topological polar surface area (TPSA) is 105 Å². The molecule has 6 nitrogen and oxygen atoms in total. The van der Waals surface area contributed by atoms with E-state index in [9.17, 15) is 9.59 Å². The maximum atomic E-state index is 12.2. The number of amides is 2. The zero-order valence-electron chi connectivity index (χ0n) is 11.3. The van der Waals surface area contributed by atoms with Gasteiger partial charge in [-0.1, -0.05) is 25.7 Å². The number of carbonyl (C=O) groups excluding carboxylic acids is 2. The van der Waals surface area contributed by atoms with Crippen molar-refractivity contribution < 1.29 is 14.7 Å². The molecule has 0 bridgehead atoms. The summed E-state index contributed by atoms with van der Waals surface area (Å²) in [5.41, 5.74) is 4.69. The van der Waals surface area contributed by atoms with E-state index in [-0.39, 0.29) is 11.4 Å². The molecule has 1 aromatic rings. The van der Waals surface area contributed by atoms with E-state index in [1.54, 1.807) is 0 Å². The van der Waals surface area contributed by atoms with Crippen LogP contribution in [0.15, 0.2) is 18.3 Å². The standard InChI is InChI=1S/C14H19N3O3/c15-13(20)14(7-3-1-2-4-8-14)17-12(19)11-6-5-10(18)9-16-11/h5-6,9,18H,1-4,7-8H2,(H2,15,20)(H,17,19). The molecule has 0 aromatic carbocycles. The van der Waals surface area contributed by atoms with Crippen molar-refractivity contribution in [3.63, 3.8) is 0 Å². The summed E-state index contributed by atoms with van der Waals surface area (Å²) >= 11 is 0. The number of nitrogens with zero attached hydrogens (tertiary/aromatic N) is 1.